The normalized spacial score (nSPS) is 13.0. The molecule has 363 valence electrons. The Morgan fingerprint density at radius 3 is 1.99 bits per heavy atom. The van der Waals surface area contributed by atoms with Gasteiger partial charge in [0.1, 0.15) is 5.58 Å². The first-order chi connectivity index (χ1) is 34.5. The fraction of sp³-hybridized carbons (Fsp3) is 0.266. The summed E-state index contributed by atoms with van der Waals surface area (Å²) in [6, 6.07) is 54.3. The van der Waals surface area contributed by atoms with Crippen molar-refractivity contribution in [2.75, 3.05) is 0 Å². The number of rotatable bonds is 9. The molecule has 10 aromatic rings. The van der Waals surface area contributed by atoms with E-state index in [-0.39, 0.29) is 42.8 Å². The summed E-state index contributed by atoms with van der Waals surface area (Å²) in [7, 11) is 0. The Morgan fingerprint density at radius 2 is 1.37 bits per heavy atom. The van der Waals surface area contributed by atoms with Gasteiger partial charge in [-0.05, 0) is 58.4 Å². The van der Waals surface area contributed by atoms with Crippen molar-refractivity contribution >= 4 is 50.6 Å². The van der Waals surface area contributed by atoms with Gasteiger partial charge in [0.25, 0.3) is 0 Å². The molecule has 0 atom stereocenters. The molecule has 0 saturated heterocycles. The van der Waals surface area contributed by atoms with Crippen LogP contribution in [0.25, 0.3) is 72.4 Å². The Kier molecular flexibility index (Phi) is 13.6. The van der Waals surface area contributed by atoms with E-state index >= 15 is 0 Å². The fourth-order valence-corrected chi connectivity index (χ4v) is 13.2. The summed E-state index contributed by atoms with van der Waals surface area (Å²) in [6.45, 7) is 18.1. The van der Waals surface area contributed by atoms with Crippen LogP contribution in [0.5, 0.6) is 0 Å². The van der Waals surface area contributed by atoms with E-state index in [0.29, 0.717) is 5.56 Å². The molecule has 0 fully saturated rings. The topological polar surface area (TPSA) is 56.7 Å². The van der Waals surface area contributed by atoms with Gasteiger partial charge < -0.3 is 8.98 Å². The first-order valence-electron chi connectivity index (χ1n) is 26.1. The number of hydrogen-bond acceptors (Lipinski definition) is 4. The summed E-state index contributed by atoms with van der Waals surface area (Å²) in [5, 5.41) is 2.16. The predicted octanol–water partition coefficient (Wildman–Crippen LogP) is 16.7. The first kappa shape index (κ1) is 47.4. The maximum Gasteiger partial charge on any atom is 0 e. The van der Waals surface area contributed by atoms with Crippen LogP contribution in [0, 0.1) is 19.0 Å². The Morgan fingerprint density at radius 1 is 0.704 bits per heavy atom. The summed E-state index contributed by atoms with van der Waals surface area (Å²) in [5.74, 6) is 8.52. The number of imidazole rings is 1. The minimum Gasteiger partial charge on any atom is 0 e. The maximum absolute atomic E-state index is 7.56. The fourth-order valence-electron chi connectivity index (χ4n) is 9.73. The molecular weight excluding hydrogens is 1110 g/mol. The van der Waals surface area contributed by atoms with Crippen molar-refractivity contribution in [3.8, 4) is 39.5 Å². The van der Waals surface area contributed by atoms with E-state index in [0.717, 1.165) is 61.3 Å². The molecule has 10 rings (SSSR count). The molecule has 0 amide bonds. The first-order valence-corrected chi connectivity index (χ1v) is 31.9. The summed E-state index contributed by atoms with van der Waals surface area (Å²) < 4.78 is 33.0. The molecule has 0 spiro atoms. The number of aryl methyl sites for hydroxylation is 1. The number of aromatic nitrogens is 4. The second kappa shape index (κ2) is 20.3. The number of para-hydroxylation sites is 1. The van der Waals surface area contributed by atoms with Crippen molar-refractivity contribution < 1.29 is 28.6 Å². The zero-order valence-electron chi connectivity index (χ0n) is 46.1. The van der Waals surface area contributed by atoms with Crippen molar-refractivity contribution in [2.24, 2.45) is 0 Å². The van der Waals surface area contributed by atoms with Crippen LogP contribution in [-0.2, 0) is 30.9 Å². The van der Waals surface area contributed by atoms with Gasteiger partial charge in [0.2, 0.25) is 0 Å². The number of benzene rings is 6. The second-order valence-electron chi connectivity index (χ2n) is 21.8. The Labute approximate surface area is 442 Å². The minimum atomic E-state index is -2.18. The molecule has 0 bridgehead atoms. The molecular formula is C64H66GeIrN4O-2. The van der Waals surface area contributed by atoms with Crippen molar-refractivity contribution in [2.45, 2.75) is 109 Å². The molecule has 0 aliphatic heterocycles. The molecule has 1 radical (unpaired) electrons. The van der Waals surface area contributed by atoms with Gasteiger partial charge in [0.05, 0.1) is 28.1 Å². The monoisotopic (exact) mass is 1180 g/mol. The predicted molar refractivity (Wildman–Crippen MR) is 298 cm³/mol. The SMILES string of the molecule is CC(C)c1cc(-c2ccccc2)cc(C(C)C)c1-n1c(-c2[c-]ccc3c2oc2ccccc23)nc2c(C(C)(C)C)nccc21.[2H]C([2H])([2H])c1c[c-]c(-c2cc(C(C)(C)c3ccccc3)[c]([Ge]([CH3])([CH3])[CH3])cn2)cc1.[Ir]. The molecule has 0 N–H and O–H groups in total. The van der Waals surface area contributed by atoms with Crippen LogP contribution in [0.4, 0.5) is 0 Å². The largest absolute Gasteiger partial charge is 0 e. The van der Waals surface area contributed by atoms with Crippen molar-refractivity contribution in [3.05, 3.63) is 198 Å². The summed E-state index contributed by atoms with van der Waals surface area (Å²) in [5.41, 5.74) is 15.8. The smallest absolute Gasteiger partial charge is 0 e. The Bertz CT molecular complexity index is 3570. The van der Waals surface area contributed by atoms with Crippen LogP contribution in [-0.4, -0.2) is 32.8 Å². The molecule has 0 aliphatic rings. The third kappa shape index (κ3) is 10.1. The molecule has 0 aliphatic carbocycles. The van der Waals surface area contributed by atoms with Crippen molar-refractivity contribution in [3.63, 3.8) is 0 Å². The van der Waals surface area contributed by atoms with E-state index in [4.69, 9.17) is 23.5 Å². The maximum atomic E-state index is 7.56. The van der Waals surface area contributed by atoms with Crippen molar-refractivity contribution in [1.29, 1.82) is 0 Å². The van der Waals surface area contributed by atoms with Crippen molar-refractivity contribution in [1.82, 2.24) is 19.5 Å². The van der Waals surface area contributed by atoms with Gasteiger partial charge in [0.15, 0.2) is 0 Å². The zero-order valence-corrected chi connectivity index (χ0v) is 47.6. The third-order valence-electron chi connectivity index (χ3n) is 13.6. The van der Waals surface area contributed by atoms with Gasteiger partial charge in [-0.1, -0.05) is 108 Å². The Hall–Kier alpha value is -5.92. The average molecular weight is 1180 g/mol. The van der Waals surface area contributed by atoms with Crippen LogP contribution in [0.3, 0.4) is 0 Å². The van der Waals surface area contributed by atoms with Gasteiger partial charge >= 0.3 is 165 Å². The molecule has 71 heavy (non-hydrogen) atoms. The number of pyridine rings is 2. The third-order valence-corrected chi connectivity index (χ3v) is 17.8. The molecule has 5 nitrogen and oxygen atoms in total. The van der Waals surface area contributed by atoms with Crippen LogP contribution >= 0.6 is 0 Å². The van der Waals surface area contributed by atoms with E-state index in [1.807, 2.05) is 42.7 Å². The molecule has 4 aromatic heterocycles. The van der Waals surface area contributed by atoms with Gasteiger partial charge in [-0.15, -0.1) is 18.2 Å². The second-order valence-corrected chi connectivity index (χ2v) is 32.3. The minimum absolute atomic E-state index is 0. The summed E-state index contributed by atoms with van der Waals surface area (Å²) >= 11 is -2.18. The molecule has 0 unspecified atom stereocenters. The van der Waals surface area contributed by atoms with Gasteiger partial charge in [-0.2, -0.15) is 0 Å². The quantitative estimate of drug-likeness (QED) is 0.107. The molecule has 7 heteroatoms. The van der Waals surface area contributed by atoms with Crippen LogP contribution in [0.15, 0.2) is 156 Å². The number of furan rings is 1. The van der Waals surface area contributed by atoms with E-state index in [1.54, 1.807) is 12.1 Å². The number of hydrogen-bond donors (Lipinski definition) is 0. The average Bonchev–Trinajstić information content (AvgIpc) is 3.94. The van der Waals surface area contributed by atoms with Crippen LogP contribution in [0.2, 0.25) is 17.3 Å². The van der Waals surface area contributed by atoms with E-state index in [9.17, 15) is 0 Å². The van der Waals surface area contributed by atoms with Crippen LogP contribution < -0.4 is 4.40 Å². The zero-order chi connectivity index (χ0) is 52.2. The molecule has 6 aromatic carbocycles. The van der Waals surface area contributed by atoms with Gasteiger partial charge in [-0.25, -0.2) is 0 Å². The van der Waals surface area contributed by atoms with Gasteiger partial charge in [-0.3, -0.25) is 9.97 Å². The van der Waals surface area contributed by atoms with E-state index in [1.165, 1.54) is 43.5 Å². The summed E-state index contributed by atoms with van der Waals surface area (Å²) in [4.78, 5) is 15.1. The van der Waals surface area contributed by atoms with E-state index in [2.05, 4.69) is 193 Å². The van der Waals surface area contributed by atoms with E-state index < -0.39 is 20.1 Å². The van der Waals surface area contributed by atoms with Crippen LogP contribution in [0.1, 0.15) is 112 Å². The molecule has 0 saturated carbocycles. The molecule has 4 heterocycles. The number of nitrogens with zero attached hydrogens (tertiary/aromatic N) is 4. The van der Waals surface area contributed by atoms with Gasteiger partial charge in [0, 0.05) is 42.8 Å². The Balaban J connectivity index is 0.000000212. The number of fused-ring (bicyclic) bond motifs is 4. The standard InChI is InChI=1S/C40H38N3O.C24H28GeN.Ir/c1-24(2)31-22-27(26-14-9-8-10-15-26)23-32(25(3)4)36(31)43-33-20-21-41-38(40(5,6)7)35(33)42-39(43)30-18-13-17-29-28-16-11-12-19-34(28)44-37(29)30;1-18-12-14-19(15-13-18)23-16-21(22(17-26-23)25(4,5)6)24(2,3)20-10-8-7-9-11-20;/h8-17,19-25H,1-7H3;7-14,16-17H,1-6H3;/q2*-1;/i;1D3;. The summed E-state index contributed by atoms with van der Waals surface area (Å²) in [6.07, 6.45) is 3.97.